The van der Waals surface area contributed by atoms with E-state index in [1.54, 1.807) is 13.0 Å². The molecule has 2 aromatic rings. The molecule has 20 heavy (non-hydrogen) atoms. The summed E-state index contributed by atoms with van der Waals surface area (Å²) in [4.78, 5) is 11.7. The number of aryl methyl sites for hydroxylation is 1. The molecule has 0 aromatic heterocycles. The van der Waals surface area contributed by atoms with E-state index in [4.69, 9.17) is 11.6 Å². The topological polar surface area (TPSA) is 17.1 Å². The first-order valence-electron chi connectivity index (χ1n) is 7.01. The second-order valence-corrected chi connectivity index (χ2v) is 5.48. The Hall–Kier alpha value is -1.60. The lowest BCUT2D eigenvalue weighted by Gasteiger charge is -2.09. The zero-order valence-corrected chi connectivity index (χ0v) is 12.7. The Balaban J connectivity index is 2.34. The Morgan fingerprint density at radius 3 is 2.40 bits per heavy atom. The second kappa shape index (κ2) is 6.71. The number of ketones is 1. The molecule has 104 valence electrons. The number of unbranched alkanes of at least 4 members (excludes halogenated alkanes) is 1. The molecule has 0 atom stereocenters. The lowest BCUT2D eigenvalue weighted by Crippen LogP contribution is -1.96. The molecule has 0 aliphatic carbocycles. The third-order valence-electron chi connectivity index (χ3n) is 3.44. The van der Waals surface area contributed by atoms with Gasteiger partial charge in [0.25, 0.3) is 0 Å². The summed E-state index contributed by atoms with van der Waals surface area (Å²) in [6.07, 6.45) is 3.52. The van der Waals surface area contributed by atoms with Crippen molar-refractivity contribution in [3.05, 3.63) is 58.6 Å². The van der Waals surface area contributed by atoms with E-state index in [1.807, 2.05) is 12.1 Å². The molecule has 0 aliphatic rings. The van der Waals surface area contributed by atoms with Crippen LogP contribution in [-0.2, 0) is 6.42 Å². The minimum atomic E-state index is 0.0394. The van der Waals surface area contributed by atoms with Crippen LogP contribution in [0.1, 0.15) is 42.6 Å². The van der Waals surface area contributed by atoms with Crippen molar-refractivity contribution in [2.75, 3.05) is 0 Å². The number of hydrogen-bond acceptors (Lipinski definition) is 1. The van der Waals surface area contributed by atoms with E-state index < -0.39 is 0 Å². The van der Waals surface area contributed by atoms with Gasteiger partial charge in [0.2, 0.25) is 0 Å². The molecule has 0 amide bonds. The van der Waals surface area contributed by atoms with Crippen LogP contribution in [0.5, 0.6) is 0 Å². The van der Waals surface area contributed by atoms with E-state index in [0.29, 0.717) is 10.6 Å². The van der Waals surface area contributed by atoms with E-state index in [-0.39, 0.29) is 5.78 Å². The molecule has 0 heterocycles. The maximum Gasteiger partial charge on any atom is 0.160 e. The SMILES string of the molecule is CCCCc1ccc(-c2ccc(Cl)cc2C(C)=O)cc1. The monoisotopic (exact) mass is 286 g/mol. The third-order valence-corrected chi connectivity index (χ3v) is 3.68. The number of carbonyl (C=O) groups excluding carboxylic acids is 1. The van der Waals surface area contributed by atoms with E-state index in [2.05, 4.69) is 31.2 Å². The number of rotatable bonds is 5. The van der Waals surface area contributed by atoms with Crippen LogP contribution in [0.2, 0.25) is 5.02 Å². The van der Waals surface area contributed by atoms with Crippen LogP contribution < -0.4 is 0 Å². The normalized spacial score (nSPS) is 10.6. The molecule has 0 bridgehead atoms. The average Bonchev–Trinajstić information content (AvgIpc) is 2.45. The average molecular weight is 287 g/mol. The Morgan fingerprint density at radius 1 is 1.10 bits per heavy atom. The van der Waals surface area contributed by atoms with Crippen LogP contribution in [0, 0.1) is 0 Å². The summed E-state index contributed by atoms with van der Waals surface area (Å²) < 4.78 is 0. The van der Waals surface area contributed by atoms with Gasteiger partial charge in [0, 0.05) is 10.6 Å². The predicted octanol–water partition coefficient (Wildman–Crippen LogP) is 5.55. The highest BCUT2D eigenvalue weighted by molar-refractivity contribution is 6.31. The molecule has 2 aromatic carbocycles. The van der Waals surface area contributed by atoms with Gasteiger partial charge in [-0.25, -0.2) is 0 Å². The van der Waals surface area contributed by atoms with Gasteiger partial charge in [-0.3, -0.25) is 4.79 Å². The van der Waals surface area contributed by atoms with Gasteiger partial charge in [-0.2, -0.15) is 0 Å². The molecule has 0 saturated carbocycles. The van der Waals surface area contributed by atoms with Crippen molar-refractivity contribution in [1.29, 1.82) is 0 Å². The molecule has 2 rings (SSSR count). The first-order valence-corrected chi connectivity index (χ1v) is 7.39. The highest BCUT2D eigenvalue weighted by atomic mass is 35.5. The van der Waals surface area contributed by atoms with E-state index >= 15 is 0 Å². The molecule has 0 saturated heterocycles. The summed E-state index contributed by atoms with van der Waals surface area (Å²) in [5.74, 6) is 0.0394. The third kappa shape index (κ3) is 3.49. The summed E-state index contributed by atoms with van der Waals surface area (Å²) in [5, 5.41) is 0.596. The molecule has 0 radical (unpaired) electrons. The van der Waals surface area contributed by atoms with Gasteiger partial charge in [-0.05, 0) is 48.6 Å². The van der Waals surface area contributed by atoms with Gasteiger partial charge < -0.3 is 0 Å². The Kier molecular flexibility index (Phi) is 4.97. The summed E-state index contributed by atoms with van der Waals surface area (Å²) >= 11 is 5.98. The highest BCUT2D eigenvalue weighted by Crippen LogP contribution is 2.27. The summed E-state index contributed by atoms with van der Waals surface area (Å²) in [6, 6.07) is 13.9. The maximum atomic E-state index is 11.7. The minimum absolute atomic E-state index is 0.0394. The molecular weight excluding hydrogens is 268 g/mol. The van der Waals surface area contributed by atoms with Crippen LogP contribution in [-0.4, -0.2) is 5.78 Å². The van der Waals surface area contributed by atoms with Crippen molar-refractivity contribution in [3.63, 3.8) is 0 Å². The smallest absolute Gasteiger partial charge is 0.160 e. The van der Waals surface area contributed by atoms with Crippen LogP contribution in [0.3, 0.4) is 0 Å². The molecule has 1 nitrogen and oxygen atoms in total. The van der Waals surface area contributed by atoms with Crippen LogP contribution in [0.15, 0.2) is 42.5 Å². The fraction of sp³-hybridized carbons (Fsp3) is 0.278. The first-order chi connectivity index (χ1) is 9.61. The fourth-order valence-corrected chi connectivity index (χ4v) is 2.46. The number of Topliss-reactive ketones (excluding diaryl/α,β-unsaturated/α-hetero) is 1. The van der Waals surface area contributed by atoms with Gasteiger partial charge in [-0.1, -0.05) is 55.3 Å². The summed E-state index contributed by atoms with van der Waals surface area (Å²) in [7, 11) is 0. The lowest BCUT2D eigenvalue weighted by molar-refractivity contribution is 0.101. The fourth-order valence-electron chi connectivity index (χ4n) is 2.29. The van der Waals surface area contributed by atoms with E-state index in [0.717, 1.165) is 17.5 Å². The van der Waals surface area contributed by atoms with Crippen molar-refractivity contribution in [3.8, 4) is 11.1 Å². The second-order valence-electron chi connectivity index (χ2n) is 5.05. The molecule has 0 aliphatic heterocycles. The number of halogens is 1. The number of hydrogen-bond donors (Lipinski definition) is 0. The van der Waals surface area contributed by atoms with Gasteiger partial charge in [0.05, 0.1) is 0 Å². The molecule has 2 heteroatoms. The van der Waals surface area contributed by atoms with Gasteiger partial charge in [-0.15, -0.1) is 0 Å². The van der Waals surface area contributed by atoms with Crippen molar-refractivity contribution < 1.29 is 4.79 Å². The van der Waals surface area contributed by atoms with Crippen LogP contribution >= 0.6 is 11.6 Å². The summed E-state index contributed by atoms with van der Waals surface area (Å²) in [6.45, 7) is 3.77. The Morgan fingerprint density at radius 2 is 1.80 bits per heavy atom. The van der Waals surface area contributed by atoms with Crippen LogP contribution in [0.4, 0.5) is 0 Å². The first kappa shape index (κ1) is 14.8. The zero-order chi connectivity index (χ0) is 14.5. The zero-order valence-electron chi connectivity index (χ0n) is 11.9. The molecular formula is C18H19ClO. The van der Waals surface area contributed by atoms with Crippen molar-refractivity contribution in [2.45, 2.75) is 33.1 Å². The van der Waals surface area contributed by atoms with E-state index in [9.17, 15) is 4.79 Å². The van der Waals surface area contributed by atoms with Crippen molar-refractivity contribution >= 4 is 17.4 Å². The van der Waals surface area contributed by atoms with Gasteiger partial charge in [0.1, 0.15) is 0 Å². The molecule has 0 spiro atoms. The Bertz CT molecular complexity index is 599. The van der Waals surface area contributed by atoms with Gasteiger partial charge in [0.15, 0.2) is 5.78 Å². The standard InChI is InChI=1S/C18H19ClO/c1-3-4-5-14-6-8-15(9-7-14)17-11-10-16(19)12-18(17)13(2)20/h6-12H,3-5H2,1-2H3. The maximum absolute atomic E-state index is 11.7. The minimum Gasteiger partial charge on any atom is -0.294 e. The number of carbonyl (C=O) groups is 1. The van der Waals surface area contributed by atoms with Crippen molar-refractivity contribution in [1.82, 2.24) is 0 Å². The highest BCUT2D eigenvalue weighted by Gasteiger charge is 2.09. The molecule has 0 fully saturated rings. The summed E-state index contributed by atoms with van der Waals surface area (Å²) in [5.41, 5.74) is 4.03. The molecule has 0 unspecified atom stereocenters. The quantitative estimate of drug-likeness (QED) is 0.658. The van der Waals surface area contributed by atoms with Crippen LogP contribution in [0.25, 0.3) is 11.1 Å². The van der Waals surface area contributed by atoms with E-state index in [1.165, 1.54) is 18.4 Å². The Labute approximate surface area is 125 Å². The number of benzene rings is 2. The largest absolute Gasteiger partial charge is 0.294 e. The predicted molar refractivity (Wildman–Crippen MR) is 85.5 cm³/mol. The van der Waals surface area contributed by atoms with Crippen molar-refractivity contribution in [2.24, 2.45) is 0 Å². The lowest BCUT2D eigenvalue weighted by atomic mass is 9.96. The molecule has 0 N–H and O–H groups in total. The van der Waals surface area contributed by atoms with Gasteiger partial charge >= 0.3 is 0 Å².